The molecule has 0 aliphatic carbocycles. The Morgan fingerprint density at radius 2 is 1.78 bits per heavy atom. The second-order valence-electron chi connectivity index (χ2n) is 5.84. The third-order valence-electron chi connectivity index (χ3n) is 3.35. The Labute approximate surface area is 105 Å². The summed E-state index contributed by atoms with van der Waals surface area (Å²) in [4.78, 5) is 0. The molecular formula is C14H18F3N. The summed E-state index contributed by atoms with van der Waals surface area (Å²) < 4.78 is 38.7. The maximum atomic E-state index is 12.9. The van der Waals surface area contributed by atoms with Crippen LogP contribution >= 0.6 is 0 Å². The van der Waals surface area contributed by atoms with Crippen molar-refractivity contribution in [1.29, 1.82) is 0 Å². The SMILES string of the molecule is CC(C)(C)c1cc(C(F)(F)F)cc2c1CNCC2. The standard InChI is InChI=1S/C14H18F3N/c1-13(2,3)12-7-10(14(15,16)17)6-9-4-5-18-8-11(9)12/h6-7,18H,4-5,8H2,1-3H3. The molecule has 1 N–H and O–H groups in total. The van der Waals surface area contributed by atoms with Crippen LogP contribution in [0.25, 0.3) is 0 Å². The molecule has 1 aliphatic rings. The van der Waals surface area contributed by atoms with Crippen molar-refractivity contribution in [2.45, 2.75) is 45.3 Å². The first-order chi connectivity index (χ1) is 8.19. The highest BCUT2D eigenvalue weighted by molar-refractivity contribution is 5.44. The molecule has 1 aliphatic heterocycles. The van der Waals surface area contributed by atoms with Crippen LogP contribution in [-0.4, -0.2) is 6.54 Å². The number of halogens is 3. The van der Waals surface area contributed by atoms with E-state index in [1.54, 1.807) is 0 Å². The van der Waals surface area contributed by atoms with Gasteiger partial charge < -0.3 is 5.32 Å². The van der Waals surface area contributed by atoms with E-state index in [-0.39, 0.29) is 5.41 Å². The molecule has 0 saturated carbocycles. The van der Waals surface area contributed by atoms with Crippen LogP contribution in [0.5, 0.6) is 0 Å². The van der Waals surface area contributed by atoms with Crippen LogP contribution in [0.15, 0.2) is 12.1 Å². The quantitative estimate of drug-likeness (QED) is 0.748. The van der Waals surface area contributed by atoms with Crippen molar-refractivity contribution in [3.8, 4) is 0 Å². The van der Waals surface area contributed by atoms with E-state index < -0.39 is 11.7 Å². The van der Waals surface area contributed by atoms with Crippen molar-refractivity contribution in [2.75, 3.05) is 6.54 Å². The molecule has 1 nitrogen and oxygen atoms in total. The van der Waals surface area contributed by atoms with Crippen molar-refractivity contribution >= 4 is 0 Å². The lowest BCUT2D eigenvalue weighted by molar-refractivity contribution is -0.137. The molecule has 0 fully saturated rings. The van der Waals surface area contributed by atoms with E-state index in [9.17, 15) is 13.2 Å². The lowest BCUT2D eigenvalue weighted by Crippen LogP contribution is -2.28. The second kappa shape index (κ2) is 4.26. The first-order valence-electron chi connectivity index (χ1n) is 6.14. The van der Waals surface area contributed by atoms with E-state index in [1.807, 2.05) is 20.8 Å². The molecule has 1 heterocycles. The minimum Gasteiger partial charge on any atom is -0.312 e. The Kier molecular flexibility index (Phi) is 3.18. The van der Waals surface area contributed by atoms with E-state index in [4.69, 9.17) is 0 Å². The molecule has 0 aromatic heterocycles. The fourth-order valence-corrected chi connectivity index (χ4v) is 2.43. The number of hydrogen-bond acceptors (Lipinski definition) is 1. The molecule has 2 rings (SSSR count). The van der Waals surface area contributed by atoms with Crippen LogP contribution in [0.4, 0.5) is 13.2 Å². The molecule has 4 heteroatoms. The number of nitrogens with one attached hydrogen (secondary N) is 1. The highest BCUT2D eigenvalue weighted by Crippen LogP contribution is 2.37. The lowest BCUT2D eigenvalue weighted by Gasteiger charge is -2.29. The van der Waals surface area contributed by atoms with Crippen molar-refractivity contribution in [2.24, 2.45) is 0 Å². The molecule has 0 bridgehead atoms. The Morgan fingerprint density at radius 3 is 2.33 bits per heavy atom. The predicted octanol–water partition coefficient (Wildman–Crippen LogP) is 3.65. The van der Waals surface area contributed by atoms with Crippen molar-refractivity contribution < 1.29 is 13.2 Å². The van der Waals surface area contributed by atoms with Crippen LogP contribution in [0.2, 0.25) is 0 Å². The van der Waals surface area contributed by atoms with Crippen LogP contribution in [0, 0.1) is 0 Å². The fourth-order valence-electron chi connectivity index (χ4n) is 2.43. The van der Waals surface area contributed by atoms with Crippen LogP contribution < -0.4 is 5.32 Å². The number of benzene rings is 1. The summed E-state index contributed by atoms with van der Waals surface area (Å²) in [6, 6.07) is 2.62. The highest BCUT2D eigenvalue weighted by Gasteiger charge is 2.34. The third-order valence-corrected chi connectivity index (χ3v) is 3.35. The molecule has 100 valence electrons. The Morgan fingerprint density at radius 1 is 1.11 bits per heavy atom. The summed E-state index contributed by atoms with van der Waals surface area (Å²) in [5.41, 5.74) is 1.90. The zero-order chi connectivity index (χ0) is 13.6. The van der Waals surface area contributed by atoms with E-state index in [1.165, 1.54) is 12.1 Å². The molecule has 0 unspecified atom stereocenters. The lowest BCUT2D eigenvalue weighted by atomic mass is 9.79. The van der Waals surface area contributed by atoms with Crippen molar-refractivity contribution in [1.82, 2.24) is 5.32 Å². The number of hydrogen-bond donors (Lipinski definition) is 1. The average Bonchev–Trinajstić information content (AvgIpc) is 2.25. The molecule has 1 aromatic rings. The molecule has 0 amide bonds. The molecule has 18 heavy (non-hydrogen) atoms. The maximum Gasteiger partial charge on any atom is 0.416 e. The second-order valence-corrected chi connectivity index (χ2v) is 5.84. The molecular weight excluding hydrogens is 239 g/mol. The molecule has 0 atom stereocenters. The number of fused-ring (bicyclic) bond motifs is 1. The summed E-state index contributed by atoms with van der Waals surface area (Å²) in [6.45, 7) is 7.28. The van der Waals surface area contributed by atoms with Gasteiger partial charge in [-0.2, -0.15) is 13.2 Å². The van der Waals surface area contributed by atoms with Gasteiger partial charge in [0, 0.05) is 6.54 Å². The van der Waals surface area contributed by atoms with Gasteiger partial charge in [0.25, 0.3) is 0 Å². The Balaban J connectivity index is 2.63. The monoisotopic (exact) mass is 257 g/mol. The van der Waals surface area contributed by atoms with Gasteiger partial charge in [-0.15, -0.1) is 0 Å². The van der Waals surface area contributed by atoms with E-state index in [2.05, 4.69) is 5.32 Å². The molecule has 0 saturated heterocycles. The zero-order valence-corrected chi connectivity index (χ0v) is 10.9. The minimum atomic E-state index is -4.26. The van der Waals surface area contributed by atoms with Gasteiger partial charge in [0.05, 0.1) is 5.56 Å². The number of rotatable bonds is 0. The van der Waals surface area contributed by atoms with Crippen LogP contribution in [0.1, 0.15) is 43.0 Å². The predicted molar refractivity (Wildman–Crippen MR) is 65.6 cm³/mol. The first-order valence-corrected chi connectivity index (χ1v) is 6.14. The zero-order valence-electron chi connectivity index (χ0n) is 10.9. The summed E-state index contributed by atoms with van der Waals surface area (Å²) in [6.07, 6.45) is -3.60. The van der Waals surface area contributed by atoms with Crippen molar-refractivity contribution in [3.05, 3.63) is 34.4 Å². The Bertz CT molecular complexity index is 455. The van der Waals surface area contributed by atoms with Gasteiger partial charge >= 0.3 is 6.18 Å². The molecule has 1 aromatic carbocycles. The van der Waals surface area contributed by atoms with Gasteiger partial charge in [-0.05, 0) is 47.2 Å². The summed E-state index contributed by atoms with van der Waals surface area (Å²) in [5.74, 6) is 0. The first kappa shape index (κ1) is 13.4. The summed E-state index contributed by atoms with van der Waals surface area (Å²) in [5, 5.41) is 3.23. The van der Waals surface area contributed by atoms with E-state index >= 15 is 0 Å². The Hall–Kier alpha value is -1.03. The number of alkyl halides is 3. The van der Waals surface area contributed by atoms with Crippen LogP contribution in [-0.2, 0) is 24.6 Å². The third kappa shape index (κ3) is 2.53. The largest absolute Gasteiger partial charge is 0.416 e. The van der Waals surface area contributed by atoms with Gasteiger partial charge in [0.2, 0.25) is 0 Å². The summed E-state index contributed by atoms with van der Waals surface area (Å²) >= 11 is 0. The average molecular weight is 257 g/mol. The normalized spacial score (nSPS) is 16.6. The van der Waals surface area contributed by atoms with E-state index in [0.29, 0.717) is 13.0 Å². The van der Waals surface area contributed by atoms with Gasteiger partial charge in [-0.1, -0.05) is 20.8 Å². The van der Waals surface area contributed by atoms with Crippen molar-refractivity contribution in [3.63, 3.8) is 0 Å². The van der Waals surface area contributed by atoms with Gasteiger partial charge in [0.1, 0.15) is 0 Å². The van der Waals surface area contributed by atoms with Gasteiger partial charge in [-0.25, -0.2) is 0 Å². The van der Waals surface area contributed by atoms with Crippen LogP contribution in [0.3, 0.4) is 0 Å². The smallest absolute Gasteiger partial charge is 0.312 e. The van der Waals surface area contributed by atoms with Gasteiger partial charge in [0.15, 0.2) is 0 Å². The molecule has 0 radical (unpaired) electrons. The molecule has 0 spiro atoms. The minimum absolute atomic E-state index is 0.273. The fraction of sp³-hybridized carbons (Fsp3) is 0.571. The van der Waals surface area contributed by atoms with E-state index in [0.717, 1.165) is 23.2 Å². The van der Waals surface area contributed by atoms with Gasteiger partial charge in [-0.3, -0.25) is 0 Å². The topological polar surface area (TPSA) is 12.0 Å². The summed E-state index contributed by atoms with van der Waals surface area (Å²) in [7, 11) is 0. The highest BCUT2D eigenvalue weighted by atomic mass is 19.4. The maximum absolute atomic E-state index is 12.9.